The lowest BCUT2D eigenvalue weighted by atomic mass is 10.2. The first-order chi connectivity index (χ1) is 8.97. The van der Waals surface area contributed by atoms with E-state index in [1.165, 1.54) is 0 Å². The number of ether oxygens (including phenoxy) is 3. The topological polar surface area (TPSA) is 68.2 Å². The first-order valence-electron chi connectivity index (χ1n) is 6.99. The van der Waals surface area contributed by atoms with Crippen LogP contribution in [0.1, 0.15) is 40.5 Å². The predicted molar refractivity (Wildman–Crippen MR) is 76.4 cm³/mol. The molecule has 19 heavy (non-hydrogen) atoms. The van der Waals surface area contributed by atoms with E-state index in [4.69, 9.17) is 24.4 Å². The molecule has 0 aromatic carbocycles. The van der Waals surface area contributed by atoms with Crippen LogP contribution in [0.3, 0.4) is 0 Å². The van der Waals surface area contributed by atoms with Crippen LogP contribution >= 0.6 is 0 Å². The average molecular weight is 280 g/mol. The first-order valence-corrected chi connectivity index (χ1v) is 6.99. The van der Waals surface area contributed by atoms with Crippen LogP contribution in [0.4, 0.5) is 0 Å². The quantitative estimate of drug-likeness (QED) is 0.595. The highest BCUT2D eigenvalue weighted by molar-refractivity contribution is 4.57. The summed E-state index contributed by atoms with van der Waals surface area (Å²) < 4.78 is 15.3. The van der Waals surface area contributed by atoms with Crippen molar-refractivity contribution in [3.05, 3.63) is 0 Å². The first kappa shape index (κ1) is 21.1. The fourth-order valence-corrected chi connectivity index (χ4v) is 0.985. The molecule has 0 rings (SSSR count). The van der Waals surface area contributed by atoms with Crippen LogP contribution in [0.5, 0.6) is 0 Å². The average Bonchev–Trinajstić information content (AvgIpc) is 2.35. The van der Waals surface area contributed by atoms with Crippen molar-refractivity contribution >= 4 is 0 Å². The van der Waals surface area contributed by atoms with E-state index in [0.717, 1.165) is 19.4 Å². The third kappa shape index (κ3) is 27.1. The Hall–Kier alpha value is -0.200. The van der Waals surface area contributed by atoms with Gasteiger partial charge in [0.25, 0.3) is 0 Å². The van der Waals surface area contributed by atoms with E-state index in [9.17, 15) is 0 Å². The fourth-order valence-electron chi connectivity index (χ4n) is 0.985. The maximum absolute atomic E-state index is 8.34. The van der Waals surface area contributed by atoms with Gasteiger partial charge in [0.15, 0.2) is 0 Å². The van der Waals surface area contributed by atoms with Gasteiger partial charge < -0.3 is 24.4 Å². The molecule has 2 N–H and O–H groups in total. The molecular formula is C14H32O5. The second-order valence-electron chi connectivity index (χ2n) is 4.99. The molecule has 0 bridgehead atoms. The molecule has 0 heterocycles. The van der Waals surface area contributed by atoms with Crippen LogP contribution in [-0.4, -0.2) is 62.1 Å². The summed E-state index contributed by atoms with van der Waals surface area (Å²) in [4.78, 5) is 0. The monoisotopic (exact) mass is 280 g/mol. The van der Waals surface area contributed by atoms with Crippen molar-refractivity contribution < 1.29 is 24.4 Å². The van der Waals surface area contributed by atoms with Crippen molar-refractivity contribution in [3.63, 3.8) is 0 Å². The SMILES string of the molecule is CC(C)(C)OCCO.CCCCOCCOCCO. The van der Waals surface area contributed by atoms with Gasteiger partial charge in [0.1, 0.15) is 0 Å². The van der Waals surface area contributed by atoms with E-state index < -0.39 is 0 Å². The van der Waals surface area contributed by atoms with Crippen molar-refractivity contribution in [1.29, 1.82) is 0 Å². The normalized spacial score (nSPS) is 11.1. The van der Waals surface area contributed by atoms with E-state index >= 15 is 0 Å². The van der Waals surface area contributed by atoms with E-state index in [-0.39, 0.29) is 18.8 Å². The van der Waals surface area contributed by atoms with E-state index in [1.54, 1.807) is 0 Å². The van der Waals surface area contributed by atoms with Crippen molar-refractivity contribution in [3.8, 4) is 0 Å². The molecule has 0 unspecified atom stereocenters. The Bertz CT molecular complexity index is 148. The molecule has 0 aliphatic heterocycles. The second kappa shape index (κ2) is 15.9. The zero-order valence-electron chi connectivity index (χ0n) is 13.0. The fraction of sp³-hybridized carbons (Fsp3) is 1.00. The maximum atomic E-state index is 8.34. The molecule has 5 heteroatoms. The number of unbranched alkanes of at least 4 members (excludes halogenated alkanes) is 1. The molecule has 5 nitrogen and oxygen atoms in total. The molecule has 0 fully saturated rings. The summed E-state index contributed by atoms with van der Waals surface area (Å²) in [7, 11) is 0. The smallest absolute Gasteiger partial charge is 0.0704 e. The Morgan fingerprint density at radius 2 is 1.32 bits per heavy atom. The van der Waals surface area contributed by atoms with Crippen molar-refractivity contribution in [2.24, 2.45) is 0 Å². The van der Waals surface area contributed by atoms with Crippen LogP contribution in [0, 0.1) is 0 Å². The van der Waals surface area contributed by atoms with E-state index in [2.05, 4.69) is 6.92 Å². The molecule has 0 saturated carbocycles. The maximum Gasteiger partial charge on any atom is 0.0704 e. The summed E-state index contributed by atoms with van der Waals surface area (Å²) in [6.07, 6.45) is 2.28. The minimum atomic E-state index is -0.108. The Balaban J connectivity index is 0. The molecule has 0 aliphatic rings. The van der Waals surface area contributed by atoms with Crippen LogP contribution in [-0.2, 0) is 14.2 Å². The summed E-state index contributed by atoms with van der Waals surface area (Å²) >= 11 is 0. The zero-order valence-corrected chi connectivity index (χ0v) is 13.0. The number of rotatable bonds is 10. The zero-order chi connectivity index (χ0) is 15.0. The molecule has 0 spiro atoms. The molecule has 0 aliphatic carbocycles. The summed E-state index contributed by atoms with van der Waals surface area (Å²) in [5.74, 6) is 0. The Kier molecular flexibility index (Phi) is 17.6. The number of hydrogen-bond acceptors (Lipinski definition) is 5. The third-order valence-electron chi connectivity index (χ3n) is 1.88. The minimum absolute atomic E-state index is 0.0922. The summed E-state index contributed by atoms with van der Waals surface area (Å²) in [5, 5.41) is 16.6. The number of hydrogen-bond donors (Lipinski definition) is 2. The Morgan fingerprint density at radius 1 is 0.789 bits per heavy atom. The van der Waals surface area contributed by atoms with Gasteiger partial charge >= 0.3 is 0 Å². The Morgan fingerprint density at radius 3 is 1.68 bits per heavy atom. The highest BCUT2D eigenvalue weighted by Gasteiger charge is 2.07. The molecule has 118 valence electrons. The van der Waals surface area contributed by atoms with Gasteiger partial charge in [-0.2, -0.15) is 0 Å². The predicted octanol–water partition coefficient (Wildman–Crippen LogP) is 1.61. The minimum Gasteiger partial charge on any atom is -0.394 e. The second-order valence-corrected chi connectivity index (χ2v) is 4.99. The molecule has 0 atom stereocenters. The van der Waals surface area contributed by atoms with Gasteiger partial charge in [0.05, 0.1) is 45.2 Å². The standard InChI is InChI=1S/C8H18O3.C6H14O2/c1-2-3-5-10-7-8-11-6-4-9;1-6(2,3)8-5-4-7/h9H,2-8H2,1H3;7H,4-5H2,1-3H3. The summed E-state index contributed by atoms with van der Waals surface area (Å²) in [6, 6.07) is 0. The van der Waals surface area contributed by atoms with E-state index in [0.29, 0.717) is 26.4 Å². The Labute approximate surface area is 117 Å². The molecule has 0 aromatic rings. The lowest BCUT2D eigenvalue weighted by Gasteiger charge is -2.18. The highest BCUT2D eigenvalue weighted by atomic mass is 16.5. The van der Waals surface area contributed by atoms with E-state index in [1.807, 2.05) is 20.8 Å². The number of aliphatic hydroxyl groups excluding tert-OH is 2. The van der Waals surface area contributed by atoms with Gasteiger partial charge in [-0.1, -0.05) is 13.3 Å². The lowest BCUT2D eigenvalue weighted by Crippen LogP contribution is -2.20. The van der Waals surface area contributed by atoms with Gasteiger partial charge in [-0.3, -0.25) is 0 Å². The summed E-state index contributed by atoms with van der Waals surface area (Å²) in [5.41, 5.74) is -0.108. The van der Waals surface area contributed by atoms with Crippen LogP contribution in [0.25, 0.3) is 0 Å². The largest absolute Gasteiger partial charge is 0.394 e. The highest BCUT2D eigenvalue weighted by Crippen LogP contribution is 2.04. The van der Waals surface area contributed by atoms with Gasteiger partial charge in [-0.15, -0.1) is 0 Å². The molecule has 0 radical (unpaired) electrons. The molecule has 0 saturated heterocycles. The van der Waals surface area contributed by atoms with Gasteiger partial charge in [-0.25, -0.2) is 0 Å². The van der Waals surface area contributed by atoms with Crippen LogP contribution < -0.4 is 0 Å². The summed E-state index contributed by atoms with van der Waals surface area (Å²) in [6.45, 7) is 11.1. The van der Waals surface area contributed by atoms with Crippen molar-refractivity contribution in [2.45, 2.75) is 46.1 Å². The lowest BCUT2D eigenvalue weighted by molar-refractivity contribution is -0.0199. The van der Waals surface area contributed by atoms with Gasteiger partial charge in [-0.05, 0) is 27.2 Å². The molecule has 0 aromatic heterocycles. The van der Waals surface area contributed by atoms with Crippen LogP contribution in [0.2, 0.25) is 0 Å². The molecule has 0 amide bonds. The van der Waals surface area contributed by atoms with Crippen LogP contribution in [0.15, 0.2) is 0 Å². The molecular weight excluding hydrogens is 248 g/mol. The number of aliphatic hydroxyl groups is 2. The van der Waals surface area contributed by atoms with Gasteiger partial charge in [0, 0.05) is 6.61 Å². The van der Waals surface area contributed by atoms with Crippen molar-refractivity contribution in [1.82, 2.24) is 0 Å². The van der Waals surface area contributed by atoms with Gasteiger partial charge in [0.2, 0.25) is 0 Å². The third-order valence-corrected chi connectivity index (χ3v) is 1.88. The van der Waals surface area contributed by atoms with Crippen molar-refractivity contribution in [2.75, 3.05) is 46.2 Å².